The molecule has 0 aromatic heterocycles. The number of carbonyl (C=O) groups excluding carboxylic acids is 1. The fourth-order valence-electron chi connectivity index (χ4n) is 3.32. The van der Waals surface area contributed by atoms with Crippen LogP contribution < -0.4 is 4.74 Å². The Hall–Kier alpha value is -1.55. The Morgan fingerprint density at radius 2 is 1.91 bits per heavy atom. The largest absolute Gasteiger partial charge is 0.490 e. The Morgan fingerprint density at radius 1 is 1.18 bits per heavy atom. The van der Waals surface area contributed by atoms with E-state index < -0.39 is 0 Å². The highest BCUT2D eigenvalue weighted by Crippen LogP contribution is 2.26. The molecule has 2 heterocycles. The highest BCUT2D eigenvalue weighted by molar-refractivity contribution is 5.78. The number of carbonyl (C=O) groups is 1. The average molecular weight is 303 g/mol. The van der Waals surface area contributed by atoms with Gasteiger partial charge in [-0.1, -0.05) is 6.07 Å². The van der Waals surface area contributed by atoms with Crippen molar-refractivity contribution >= 4 is 5.97 Å². The number of esters is 1. The number of nitrogens with zero attached hydrogens (tertiary/aromatic N) is 1. The second-order valence-electron chi connectivity index (χ2n) is 6.60. The Bertz CT molecular complexity index is 549. The van der Waals surface area contributed by atoms with Gasteiger partial charge >= 0.3 is 5.97 Å². The maximum atomic E-state index is 11.8. The van der Waals surface area contributed by atoms with Crippen molar-refractivity contribution in [2.45, 2.75) is 58.3 Å². The summed E-state index contributed by atoms with van der Waals surface area (Å²) in [6, 6.07) is 6.22. The van der Waals surface area contributed by atoms with Crippen LogP contribution in [-0.4, -0.2) is 42.2 Å². The highest BCUT2D eigenvalue weighted by Gasteiger charge is 2.38. The topological polar surface area (TPSA) is 38.8 Å². The maximum Gasteiger partial charge on any atom is 0.323 e. The number of cyclic esters (lactones) is 1. The molecule has 2 aliphatic heterocycles. The van der Waals surface area contributed by atoms with Gasteiger partial charge in [-0.3, -0.25) is 9.69 Å². The number of rotatable bonds is 3. The van der Waals surface area contributed by atoms with E-state index in [9.17, 15) is 4.79 Å². The molecule has 0 unspecified atom stereocenters. The first-order chi connectivity index (χ1) is 10.5. The third kappa shape index (κ3) is 3.27. The fourth-order valence-corrected chi connectivity index (χ4v) is 3.32. The van der Waals surface area contributed by atoms with Gasteiger partial charge in [0.25, 0.3) is 0 Å². The van der Waals surface area contributed by atoms with Crippen LogP contribution in [0.5, 0.6) is 5.75 Å². The Balaban J connectivity index is 1.53. The molecular weight excluding hydrogens is 278 g/mol. The first kappa shape index (κ1) is 15.3. The van der Waals surface area contributed by atoms with Gasteiger partial charge in [0, 0.05) is 19.5 Å². The molecule has 22 heavy (non-hydrogen) atoms. The van der Waals surface area contributed by atoms with Crippen LogP contribution in [0.25, 0.3) is 0 Å². The molecular formula is C18H25NO3. The Kier molecular flexibility index (Phi) is 4.39. The summed E-state index contributed by atoms with van der Waals surface area (Å²) in [4.78, 5) is 14.1. The fraction of sp³-hybridized carbons (Fsp3) is 0.611. The van der Waals surface area contributed by atoms with Crippen LogP contribution >= 0.6 is 0 Å². The summed E-state index contributed by atoms with van der Waals surface area (Å²) in [6.45, 7) is 7.99. The number of piperidine rings is 1. The van der Waals surface area contributed by atoms with Crippen LogP contribution in [0.3, 0.4) is 0 Å². The molecule has 0 amide bonds. The van der Waals surface area contributed by atoms with Crippen molar-refractivity contribution in [1.82, 2.24) is 4.90 Å². The zero-order valence-electron chi connectivity index (χ0n) is 13.7. The van der Waals surface area contributed by atoms with E-state index in [-0.39, 0.29) is 24.2 Å². The molecule has 3 rings (SSSR count). The number of hydrogen-bond donors (Lipinski definition) is 0. The van der Waals surface area contributed by atoms with Gasteiger partial charge in [0.15, 0.2) is 0 Å². The van der Waals surface area contributed by atoms with Crippen molar-refractivity contribution in [3.63, 3.8) is 0 Å². The maximum absolute atomic E-state index is 11.8. The Labute approximate surface area is 132 Å². The molecule has 4 heteroatoms. The van der Waals surface area contributed by atoms with Crippen LogP contribution in [-0.2, 0) is 9.53 Å². The van der Waals surface area contributed by atoms with E-state index in [1.54, 1.807) is 0 Å². The van der Waals surface area contributed by atoms with E-state index in [2.05, 4.69) is 30.9 Å². The molecule has 2 saturated heterocycles. The van der Waals surface area contributed by atoms with E-state index in [1.807, 2.05) is 13.0 Å². The van der Waals surface area contributed by atoms with Crippen molar-refractivity contribution in [2.75, 3.05) is 13.1 Å². The van der Waals surface area contributed by atoms with E-state index in [1.165, 1.54) is 11.1 Å². The molecule has 0 saturated carbocycles. The summed E-state index contributed by atoms with van der Waals surface area (Å²) >= 11 is 0. The average Bonchev–Trinajstić information content (AvgIpc) is 2.83. The smallest absolute Gasteiger partial charge is 0.323 e. The molecule has 2 aliphatic rings. The minimum absolute atomic E-state index is 0.0439. The zero-order chi connectivity index (χ0) is 15.7. The molecule has 4 nitrogen and oxygen atoms in total. The number of benzene rings is 1. The minimum Gasteiger partial charge on any atom is -0.490 e. The van der Waals surface area contributed by atoms with Crippen LogP contribution in [0.15, 0.2) is 18.2 Å². The molecule has 2 fully saturated rings. The van der Waals surface area contributed by atoms with Crippen molar-refractivity contribution in [1.29, 1.82) is 0 Å². The van der Waals surface area contributed by atoms with Crippen molar-refractivity contribution in [3.8, 4) is 5.75 Å². The third-order valence-electron chi connectivity index (χ3n) is 4.84. The number of likely N-dealkylation sites (tertiary alicyclic amines) is 1. The summed E-state index contributed by atoms with van der Waals surface area (Å²) < 4.78 is 11.4. The summed E-state index contributed by atoms with van der Waals surface area (Å²) in [5.74, 6) is 0.900. The van der Waals surface area contributed by atoms with Crippen LogP contribution in [0.4, 0.5) is 0 Å². The van der Waals surface area contributed by atoms with E-state index in [4.69, 9.17) is 9.47 Å². The van der Waals surface area contributed by atoms with E-state index in [0.717, 1.165) is 38.1 Å². The zero-order valence-corrected chi connectivity index (χ0v) is 13.7. The molecule has 0 spiro atoms. The SMILES string of the molecule is Cc1ccc(OC2CCN([C@H]3C[C@H](C)OC3=O)CC2)cc1C. The normalized spacial score (nSPS) is 27.0. The van der Waals surface area contributed by atoms with Gasteiger partial charge in [0.1, 0.15) is 24.0 Å². The first-order valence-electron chi connectivity index (χ1n) is 8.21. The molecule has 0 bridgehead atoms. The lowest BCUT2D eigenvalue weighted by atomic mass is 10.0. The van der Waals surface area contributed by atoms with Gasteiger partial charge in [0.2, 0.25) is 0 Å². The lowest BCUT2D eigenvalue weighted by molar-refractivity contribution is -0.145. The van der Waals surface area contributed by atoms with Crippen LogP contribution in [0.1, 0.15) is 37.3 Å². The van der Waals surface area contributed by atoms with Gasteiger partial charge < -0.3 is 9.47 Å². The monoisotopic (exact) mass is 303 g/mol. The quantitative estimate of drug-likeness (QED) is 0.805. The van der Waals surface area contributed by atoms with Gasteiger partial charge in [-0.05, 0) is 56.9 Å². The summed E-state index contributed by atoms with van der Waals surface area (Å²) in [5.41, 5.74) is 2.55. The Morgan fingerprint density at radius 3 is 2.50 bits per heavy atom. The second-order valence-corrected chi connectivity index (χ2v) is 6.60. The predicted octanol–water partition coefficient (Wildman–Crippen LogP) is 2.85. The van der Waals surface area contributed by atoms with Gasteiger partial charge in [-0.15, -0.1) is 0 Å². The second kappa shape index (κ2) is 6.29. The summed E-state index contributed by atoms with van der Waals surface area (Å²) in [5, 5.41) is 0. The third-order valence-corrected chi connectivity index (χ3v) is 4.84. The van der Waals surface area contributed by atoms with Crippen LogP contribution in [0.2, 0.25) is 0 Å². The first-order valence-corrected chi connectivity index (χ1v) is 8.21. The standard InChI is InChI=1S/C18H25NO3/c1-12-4-5-16(10-13(12)2)22-15-6-8-19(9-7-15)17-11-14(3)21-18(17)20/h4-5,10,14-15,17H,6-9,11H2,1-3H3/t14-,17-/m0/s1. The lowest BCUT2D eigenvalue weighted by Gasteiger charge is -2.34. The molecule has 2 atom stereocenters. The van der Waals surface area contributed by atoms with Crippen LogP contribution in [0, 0.1) is 13.8 Å². The molecule has 0 aliphatic carbocycles. The number of aryl methyl sites for hydroxylation is 2. The highest BCUT2D eigenvalue weighted by atomic mass is 16.6. The minimum atomic E-state index is -0.0546. The number of ether oxygens (including phenoxy) is 2. The molecule has 1 aromatic carbocycles. The predicted molar refractivity (Wildman–Crippen MR) is 85.1 cm³/mol. The summed E-state index contributed by atoms with van der Waals surface area (Å²) in [7, 11) is 0. The van der Waals surface area contributed by atoms with Crippen molar-refractivity contribution in [3.05, 3.63) is 29.3 Å². The van der Waals surface area contributed by atoms with Crippen molar-refractivity contribution < 1.29 is 14.3 Å². The van der Waals surface area contributed by atoms with Gasteiger partial charge in [0.05, 0.1) is 0 Å². The molecule has 0 N–H and O–H groups in total. The van der Waals surface area contributed by atoms with Crippen molar-refractivity contribution in [2.24, 2.45) is 0 Å². The number of hydrogen-bond acceptors (Lipinski definition) is 4. The van der Waals surface area contributed by atoms with Gasteiger partial charge in [-0.25, -0.2) is 0 Å². The molecule has 1 aromatic rings. The lowest BCUT2D eigenvalue weighted by Crippen LogP contribution is -2.46. The summed E-state index contributed by atoms with van der Waals surface area (Å²) in [6.07, 6.45) is 3.05. The molecule has 120 valence electrons. The van der Waals surface area contributed by atoms with E-state index in [0.29, 0.717) is 0 Å². The molecule has 0 radical (unpaired) electrons. The van der Waals surface area contributed by atoms with E-state index >= 15 is 0 Å². The van der Waals surface area contributed by atoms with Gasteiger partial charge in [-0.2, -0.15) is 0 Å².